The van der Waals surface area contributed by atoms with Crippen LogP contribution in [0.4, 0.5) is 13.2 Å². The first kappa shape index (κ1) is 17.7. The molecule has 0 fully saturated rings. The van der Waals surface area contributed by atoms with Crippen LogP contribution in [0, 0.1) is 5.41 Å². The van der Waals surface area contributed by atoms with E-state index in [0.29, 0.717) is 6.92 Å². The first-order chi connectivity index (χ1) is 8.63. The number of hydrogen-bond acceptors (Lipinski definition) is 4. The molecule has 0 saturated heterocycles. The van der Waals surface area contributed by atoms with Gasteiger partial charge in [-0.25, -0.2) is 13.2 Å². The monoisotopic (exact) mass is 284 g/mol. The molecule has 2 atom stereocenters. The van der Waals surface area contributed by atoms with Gasteiger partial charge in [-0.05, 0) is 27.7 Å². The third-order valence-electron chi connectivity index (χ3n) is 2.76. The van der Waals surface area contributed by atoms with Gasteiger partial charge in [0.05, 0.1) is 19.6 Å². The van der Waals surface area contributed by atoms with Gasteiger partial charge in [-0.1, -0.05) is 0 Å². The minimum Gasteiger partial charge on any atom is -0.466 e. The smallest absolute Gasteiger partial charge is 0.318 e. The summed E-state index contributed by atoms with van der Waals surface area (Å²) in [4.78, 5) is 23.0. The third kappa shape index (κ3) is 3.84. The Balaban J connectivity index is 5.36. The van der Waals surface area contributed by atoms with Gasteiger partial charge in [0.15, 0.2) is 6.17 Å². The molecule has 0 heterocycles. The van der Waals surface area contributed by atoms with Gasteiger partial charge in [-0.15, -0.1) is 0 Å². The quantitative estimate of drug-likeness (QED) is 0.674. The number of rotatable bonds is 7. The standard InChI is InChI=1S/C12H19F3O4/c1-5-18-9(16)7-11(4,10(17)19-6-2)12(14,15)8(3)13/h8H,5-7H2,1-4H3. The number of esters is 2. The first-order valence-corrected chi connectivity index (χ1v) is 5.98. The second-order valence-electron chi connectivity index (χ2n) is 4.27. The van der Waals surface area contributed by atoms with Crippen molar-refractivity contribution in [1.29, 1.82) is 0 Å². The number of alkyl halides is 3. The van der Waals surface area contributed by atoms with Gasteiger partial charge >= 0.3 is 11.9 Å². The lowest BCUT2D eigenvalue weighted by molar-refractivity contribution is -0.202. The summed E-state index contributed by atoms with van der Waals surface area (Å²) in [6.45, 7) is 4.19. The van der Waals surface area contributed by atoms with Crippen molar-refractivity contribution in [2.45, 2.75) is 46.2 Å². The molecule has 4 nitrogen and oxygen atoms in total. The van der Waals surface area contributed by atoms with E-state index in [9.17, 15) is 22.8 Å². The fourth-order valence-electron chi connectivity index (χ4n) is 1.56. The topological polar surface area (TPSA) is 52.6 Å². The molecular weight excluding hydrogens is 265 g/mol. The van der Waals surface area contributed by atoms with Crippen LogP contribution in [0.2, 0.25) is 0 Å². The van der Waals surface area contributed by atoms with Gasteiger partial charge in [0.1, 0.15) is 5.41 Å². The van der Waals surface area contributed by atoms with Crippen molar-refractivity contribution in [3.8, 4) is 0 Å². The molecule has 0 rings (SSSR count). The number of hydrogen-bond donors (Lipinski definition) is 0. The van der Waals surface area contributed by atoms with E-state index in [-0.39, 0.29) is 13.2 Å². The summed E-state index contributed by atoms with van der Waals surface area (Å²) in [6.07, 6.45) is -3.54. The SMILES string of the molecule is CCOC(=O)CC(C)(C(=O)OCC)C(F)(F)C(C)F. The normalized spacial score (nSPS) is 16.4. The highest BCUT2D eigenvalue weighted by atomic mass is 19.3. The summed E-state index contributed by atoms with van der Waals surface area (Å²) in [5.41, 5.74) is -2.59. The number of carbonyl (C=O) groups is 2. The molecule has 0 aromatic carbocycles. The second-order valence-corrected chi connectivity index (χ2v) is 4.27. The molecule has 0 radical (unpaired) electrons. The lowest BCUT2D eigenvalue weighted by Crippen LogP contribution is -2.52. The van der Waals surface area contributed by atoms with Crippen molar-refractivity contribution in [2.24, 2.45) is 5.41 Å². The molecule has 7 heteroatoms. The minimum absolute atomic E-state index is 0.0194. The van der Waals surface area contributed by atoms with Gasteiger partial charge in [0.2, 0.25) is 0 Å². The van der Waals surface area contributed by atoms with Gasteiger partial charge in [0, 0.05) is 0 Å². The van der Waals surface area contributed by atoms with E-state index in [2.05, 4.69) is 9.47 Å². The summed E-state index contributed by atoms with van der Waals surface area (Å²) >= 11 is 0. The molecule has 112 valence electrons. The first-order valence-electron chi connectivity index (χ1n) is 5.98. The lowest BCUT2D eigenvalue weighted by atomic mass is 9.78. The van der Waals surface area contributed by atoms with Gasteiger partial charge in [0.25, 0.3) is 5.92 Å². The zero-order valence-corrected chi connectivity index (χ0v) is 11.5. The predicted molar refractivity (Wildman–Crippen MR) is 61.5 cm³/mol. The molecule has 0 saturated carbocycles. The van der Waals surface area contributed by atoms with Crippen LogP contribution in [0.5, 0.6) is 0 Å². The summed E-state index contributed by atoms with van der Waals surface area (Å²) in [7, 11) is 0. The molecule has 0 aromatic heterocycles. The molecule has 0 aromatic rings. The Morgan fingerprint density at radius 2 is 1.63 bits per heavy atom. The Kier molecular flexibility index (Phi) is 6.32. The highest BCUT2D eigenvalue weighted by Gasteiger charge is 2.61. The molecule has 0 amide bonds. The van der Waals surface area contributed by atoms with Crippen LogP contribution < -0.4 is 0 Å². The van der Waals surface area contributed by atoms with Crippen molar-refractivity contribution < 1.29 is 32.2 Å². The summed E-state index contributed by atoms with van der Waals surface area (Å²) < 4.78 is 49.9. The molecule has 0 aliphatic rings. The van der Waals surface area contributed by atoms with E-state index in [1.807, 2.05) is 0 Å². The summed E-state index contributed by atoms with van der Waals surface area (Å²) in [6, 6.07) is 0. The van der Waals surface area contributed by atoms with Crippen molar-refractivity contribution >= 4 is 11.9 Å². The summed E-state index contributed by atoms with van der Waals surface area (Å²) in [5.74, 6) is -6.36. The fraction of sp³-hybridized carbons (Fsp3) is 0.833. The molecule has 2 unspecified atom stereocenters. The van der Waals surface area contributed by atoms with Gasteiger partial charge in [-0.3, -0.25) is 9.59 Å². The van der Waals surface area contributed by atoms with Crippen LogP contribution in [0.25, 0.3) is 0 Å². The predicted octanol–water partition coefficient (Wildman–Crippen LogP) is 2.50. The Labute approximate surface area is 110 Å². The van der Waals surface area contributed by atoms with Crippen LogP contribution in [-0.2, 0) is 19.1 Å². The molecule has 0 bridgehead atoms. The fourth-order valence-corrected chi connectivity index (χ4v) is 1.56. The molecule has 0 aliphatic carbocycles. The molecule has 0 N–H and O–H groups in total. The maximum absolute atomic E-state index is 13.9. The Bertz CT molecular complexity index is 331. The van der Waals surface area contributed by atoms with Crippen LogP contribution >= 0.6 is 0 Å². The average molecular weight is 284 g/mol. The zero-order valence-electron chi connectivity index (χ0n) is 11.5. The van der Waals surface area contributed by atoms with Crippen LogP contribution in [0.3, 0.4) is 0 Å². The Hall–Kier alpha value is -1.27. The van der Waals surface area contributed by atoms with Crippen LogP contribution in [0.1, 0.15) is 34.1 Å². The average Bonchev–Trinajstić information content (AvgIpc) is 2.28. The highest BCUT2D eigenvalue weighted by molar-refractivity contribution is 5.84. The van der Waals surface area contributed by atoms with Gasteiger partial charge in [-0.2, -0.15) is 0 Å². The number of ether oxygens (including phenoxy) is 2. The molecule has 0 aliphatic heterocycles. The minimum atomic E-state index is -4.04. The van der Waals surface area contributed by atoms with Crippen molar-refractivity contribution in [3.63, 3.8) is 0 Å². The van der Waals surface area contributed by atoms with E-state index < -0.39 is 35.9 Å². The maximum Gasteiger partial charge on any atom is 0.318 e. The molecule has 19 heavy (non-hydrogen) atoms. The number of halogens is 3. The number of carbonyl (C=O) groups excluding carboxylic acids is 2. The molecular formula is C12H19F3O4. The third-order valence-corrected chi connectivity index (χ3v) is 2.76. The van der Waals surface area contributed by atoms with Crippen molar-refractivity contribution in [3.05, 3.63) is 0 Å². The van der Waals surface area contributed by atoms with Crippen LogP contribution in [0.15, 0.2) is 0 Å². The maximum atomic E-state index is 13.9. The molecule has 0 spiro atoms. The summed E-state index contributed by atoms with van der Waals surface area (Å²) in [5, 5.41) is 0. The van der Waals surface area contributed by atoms with E-state index in [1.165, 1.54) is 13.8 Å². The van der Waals surface area contributed by atoms with E-state index >= 15 is 0 Å². The van der Waals surface area contributed by atoms with E-state index in [0.717, 1.165) is 6.92 Å². The second kappa shape index (κ2) is 6.77. The van der Waals surface area contributed by atoms with Crippen molar-refractivity contribution in [2.75, 3.05) is 13.2 Å². The largest absolute Gasteiger partial charge is 0.466 e. The van der Waals surface area contributed by atoms with Crippen LogP contribution in [-0.4, -0.2) is 37.2 Å². The Morgan fingerprint density at radius 3 is 2.00 bits per heavy atom. The lowest BCUT2D eigenvalue weighted by Gasteiger charge is -2.35. The van der Waals surface area contributed by atoms with Crippen molar-refractivity contribution in [1.82, 2.24) is 0 Å². The van der Waals surface area contributed by atoms with E-state index in [4.69, 9.17) is 0 Å². The van der Waals surface area contributed by atoms with E-state index in [1.54, 1.807) is 0 Å². The highest BCUT2D eigenvalue weighted by Crippen LogP contribution is 2.44. The Morgan fingerprint density at radius 1 is 1.16 bits per heavy atom. The van der Waals surface area contributed by atoms with Gasteiger partial charge < -0.3 is 9.47 Å². The zero-order chi connectivity index (χ0) is 15.3.